The van der Waals surface area contributed by atoms with Crippen molar-refractivity contribution in [2.75, 3.05) is 10.6 Å². The molecule has 0 bridgehead atoms. The zero-order chi connectivity index (χ0) is 14.4. The second kappa shape index (κ2) is 6.99. The fourth-order valence-electron chi connectivity index (χ4n) is 2.44. The predicted molar refractivity (Wildman–Crippen MR) is 88.3 cm³/mol. The molecule has 0 aliphatic carbocycles. The van der Waals surface area contributed by atoms with E-state index in [1.165, 1.54) is 22.5 Å². The number of benzene rings is 2. The number of anilines is 2. The molecule has 0 fully saturated rings. The molecule has 2 nitrogen and oxygen atoms in total. The van der Waals surface area contributed by atoms with Crippen LogP contribution in [0.25, 0.3) is 0 Å². The summed E-state index contributed by atoms with van der Waals surface area (Å²) < 4.78 is 0. The van der Waals surface area contributed by atoms with Crippen LogP contribution in [0, 0.1) is 0 Å². The van der Waals surface area contributed by atoms with Gasteiger partial charge in [0.25, 0.3) is 0 Å². The Balaban J connectivity index is 2.07. The van der Waals surface area contributed by atoms with Crippen molar-refractivity contribution < 1.29 is 0 Å². The minimum absolute atomic E-state index is 0.190. The maximum Gasteiger partial charge on any atom is 0.0934 e. The van der Waals surface area contributed by atoms with Gasteiger partial charge >= 0.3 is 0 Å². The van der Waals surface area contributed by atoms with Crippen molar-refractivity contribution in [3.8, 4) is 0 Å². The average molecular weight is 268 g/mol. The summed E-state index contributed by atoms with van der Waals surface area (Å²) in [6.07, 6.45) is 2.28. The molecule has 0 spiro atoms. The fourth-order valence-corrected chi connectivity index (χ4v) is 2.44. The average Bonchev–Trinajstić information content (AvgIpc) is 2.48. The topological polar surface area (TPSA) is 24.1 Å². The van der Waals surface area contributed by atoms with Crippen LogP contribution >= 0.6 is 0 Å². The summed E-state index contributed by atoms with van der Waals surface area (Å²) in [4.78, 5) is 0. The lowest BCUT2D eigenvalue weighted by Gasteiger charge is -2.21. The first-order valence-electron chi connectivity index (χ1n) is 7.43. The minimum Gasteiger partial charge on any atom is -0.365 e. The van der Waals surface area contributed by atoms with Gasteiger partial charge in [-0.1, -0.05) is 50.2 Å². The molecule has 2 aromatic rings. The van der Waals surface area contributed by atoms with Crippen molar-refractivity contribution >= 4 is 11.4 Å². The Bertz CT molecular complexity index is 499. The highest BCUT2D eigenvalue weighted by Crippen LogP contribution is 2.19. The van der Waals surface area contributed by atoms with Crippen LogP contribution in [-0.2, 0) is 12.8 Å². The molecule has 0 unspecified atom stereocenters. The summed E-state index contributed by atoms with van der Waals surface area (Å²) >= 11 is 0. The van der Waals surface area contributed by atoms with Crippen LogP contribution in [-0.4, -0.2) is 6.17 Å². The van der Waals surface area contributed by atoms with Crippen molar-refractivity contribution in [1.29, 1.82) is 0 Å². The number of hydrogen-bond acceptors (Lipinski definition) is 2. The van der Waals surface area contributed by atoms with E-state index in [1.54, 1.807) is 0 Å². The lowest BCUT2D eigenvalue weighted by Crippen LogP contribution is -2.26. The lowest BCUT2D eigenvalue weighted by atomic mass is 10.1. The van der Waals surface area contributed by atoms with Crippen molar-refractivity contribution in [2.45, 2.75) is 39.8 Å². The van der Waals surface area contributed by atoms with Crippen LogP contribution in [0.15, 0.2) is 48.5 Å². The number of para-hydroxylation sites is 2. The van der Waals surface area contributed by atoms with Gasteiger partial charge < -0.3 is 10.6 Å². The Morgan fingerprint density at radius 1 is 0.750 bits per heavy atom. The van der Waals surface area contributed by atoms with Gasteiger partial charge in [0, 0.05) is 11.4 Å². The van der Waals surface area contributed by atoms with E-state index < -0.39 is 0 Å². The standard InChI is InChI=1S/C18H24N2/c1-4-15-10-6-8-12-17(15)19-14(3)20-18-13-9-7-11-16(18)5-2/h6-14,19-20H,4-5H2,1-3H3. The molecule has 2 heteroatoms. The Morgan fingerprint density at radius 3 is 1.55 bits per heavy atom. The lowest BCUT2D eigenvalue weighted by molar-refractivity contribution is 0.904. The first-order chi connectivity index (χ1) is 9.74. The second-order valence-electron chi connectivity index (χ2n) is 5.03. The second-order valence-corrected chi connectivity index (χ2v) is 5.03. The smallest absolute Gasteiger partial charge is 0.0934 e. The number of nitrogens with one attached hydrogen (secondary N) is 2. The quantitative estimate of drug-likeness (QED) is 0.743. The molecule has 106 valence electrons. The largest absolute Gasteiger partial charge is 0.365 e. The fraction of sp³-hybridized carbons (Fsp3) is 0.333. The molecule has 0 saturated heterocycles. The van der Waals surface area contributed by atoms with Gasteiger partial charge in [0.1, 0.15) is 0 Å². The summed E-state index contributed by atoms with van der Waals surface area (Å²) in [5.74, 6) is 0. The van der Waals surface area contributed by atoms with Crippen molar-refractivity contribution in [3.05, 3.63) is 59.7 Å². The zero-order valence-corrected chi connectivity index (χ0v) is 12.6. The SMILES string of the molecule is CCc1ccccc1NC(C)Nc1ccccc1CC. The molecule has 0 atom stereocenters. The molecule has 2 N–H and O–H groups in total. The Kier molecular flexibility index (Phi) is 5.05. The molecule has 0 heterocycles. The van der Waals surface area contributed by atoms with Gasteiger partial charge in [-0.3, -0.25) is 0 Å². The van der Waals surface area contributed by atoms with E-state index in [0.29, 0.717) is 0 Å². The highest BCUT2D eigenvalue weighted by atomic mass is 15.1. The van der Waals surface area contributed by atoms with E-state index in [9.17, 15) is 0 Å². The normalized spacial score (nSPS) is 10.6. The van der Waals surface area contributed by atoms with E-state index in [2.05, 4.69) is 79.9 Å². The molecule has 2 rings (SSSR count). The van der Waals surface area contributed by atoms with Crippen LogP contribution in [0.5, 0.6) is 0 Å². The van der Waals surface area contributed by atoms with Gasteiger partial charge in [-0.25, -0.2) is 0 Å². The molecule has 0 aromatic heterocycles. The van der Waals surface area contributed by atoms with Crippen molar-refractivity contribution in [2.24, 2.45) is 0 Å². The van der Waals surface area contributed by atoms with E-state index in [4.69, 9.17) is 0 Å². The van der Waals surface area contributed by atoms with Gasteiger partial charge in [-0.15, -0.1) is 0 Å². The van der Waals surface area contributed by atoms with Gasteiger partial charge in [0.15, 0.2) is 0 Å². The maximum atomic E-state index is 3.55. The third-order valence-corrected chi connectivity index (χ3v) is 3.54. The van der Waals surface area contributed by atoms with Crippen LogP contribution in [0.3, 0.4) is 0 Å². The van der Waals surface area contributed by atoms with Crippen LogP contribution < -0.4 is 10.6 Å². The van der Waals surface area contributed by atoms with Crippen LogP contribution in [0.2, 0.25) is 0 Å². The zero-order valence-electron chi connectivity index (χ0n) is 12.6. The Labute approximate surface area is 122 Å². The monoisotopic (exact) mass is 268 g/mol. The van der Waals surface area contributed by atoms with E-state index in [1.807, 2.05) is 0 Å². The maximum absolute atomic E-state index is 3.55. The van der Waals surface area contributed by atoms with Gasteiger partial charge in [-0.05, 0) is 43.0 Å². The summed E-state index contributed by atoms with van der Waals surface area (Å²) in [5, 5.41) is 7.10. The van der Waals surface area contributed by atoms with Crippen molar-refractivity contribution in [1.82, 2.24) is 0 Å². The molecule has 0 aliphatic rings. The summed E-state index contributed by atoms with van der Waals surface area (Å²) in [5.41, 5.74) is 5.13. The molecule has 0 amide bonds. The number of hydrogen-bond donors (Lipinski definition) is 2. The number of aryl methyl sites for hydroxylation is 2. The Hall–Kier alpha value is -1.96. The van der Waals surface area contributed by atoms with E-state index in [0.717, 1.165) is 12.8 Å². The molecular formula is C18H24N2. The molecule has 0 aliphatic heterocycles. The third kappa shape index (κ3) is 3.53. The summed E-state index contributed by atoms with van der Waals surface area (Å²) in [7, 11) is 0. The summed E-state index contributed by atoms with van der Waals surface area (Å²) in [6.45, 7) is 6.52. The molecular weight excluding hydrogens is 244 g/mol. The first kappa shape index (κ1) is 14.4. The Morgan fingerprint density at radius 2 is 1.15 bits per heavy atom. The summed E-state index contributed by atoms with van der Waals surface area (Å²) in [6, 6.07) is 17.0. The van der Waals surface area contributed by atoms with Gasteiger partial charge in [0.2, 0.25) is 0 Å². The first-order valence-corrected chi connectivity index (χ1v) is 7.43. The third-order valence-electron chi connectivity index (χ3n) is 3.54. The molecule has 0 radical (unpaired) electrons. The number of rotatable bonds is 6. The highest BCUT2D eigenvalue weighted by molar-refractivity contribution is 5.56. The van der Waals surface area contributed by atoms with Crippen molar-refractivity contribution in [3.63, 3.8) is 0 Å². The van der Waals surface area contributed by atoms with Crippen LogP contribution in [0.1, 0.15) is 31.9 Å². The predicted octanol–water partition coefficient (Wildman–Crippen LogP) is 4.68. The molecule has 2 aromatic carbocycles. The van der Waals surface area contributed by atoms with Gasteiger partial charge in [-0.2, -0.15) is 0 Å². The van der Waals surface area contributed by atoms with Crippen LogP contribution in [0.4, 0.5) is 11.4 Å². The molecule has 0 saturated carbocycles. The highest BCUT2D eigenvalue weighted by Gasteiger charge is 2.06. The minimum atomic E-state index is 0.190. The van der Waals surface area contributed by atoms with E-state index >= 15 is 0 Å². The van der Waals surface area contributed by atoms with E-state index in [-0.39, 0.29) is 6.17 Å². The van der Waals surface area contributed by atoms with Gasteiger partial charge in [0.05, 0.1) is 6.17 Å². The molecule has 20 heavy (non-hydrogen) atoms.